The summed E-state index contributed by atoms with van der Waals surface area (Å²) in [6.45, 7) is 3.60. The molecule has 0 radical (unpaired) electrons. The Morgan fingerprint density at radius 2 is 2.19 bits per heavy atom. The second-order valence-corrected chi connectivity index (χ2v) is 6.02. The Kier molecular flexibility index (Phi) is 4.10. The predicted molar refractivity (Wildman–Crippen MR) is 84.7 cm³/mol. The molecule has 0 saturated carbocycles. The lowest BCUT2D eigenvalue weighted by Gasteiger charge is -2.33. The molecule has 2 heterocycles. The second-order valence-electron chi connectivity index (χ2n) is 5.67. The number of rotatable bonds is 3. The van der Waals surface area contributed by atoms with E-state index in [9.17, 15) is 4.79 Å². The first-order chi connectivity index (χ1) is 10.2. The number of oxazole rings is 1. The summed E-state index contributed by atoms with van der Waals surface area (Å²) in [5.41, 5.74) is 1.74. The molecule has 0 bridgehead atoms. The van der Waals surface area contributed by atoms with E-state index in [2.05, 4.69) is 6.92 Å². The monoisotopic (exact) mass is 304 g/mol. The van der Waals surface area contributed by atoms with Gasteiger partial charge in [0.1, 0.15) is 0 Å². The highest BCUT2D eigenvalue weighted by Gasteiger charge is 2.23. The number of carbonyl (C=O) groups is 1. The van der Waals surface area contributed by atoms with Crippen LogP contribution in [0, 0.1) is 4.84 Å². The number of hydrogen-bond donors (Lipinski definition) is 0. The normalized spacial score (nSPS) is 19.1. The van der Waals surface area contributed by atoms with Crippen molar-refractivity contribution in [3.8, 4) is 0 Å². The van der Waals surface area contributed by atoms with Gasteiger partial charge in [0.2, 0.25) is 5.91 Å². The number of piperidine rings is 1. The Morgan fingerprint density at radius 1 is 1.38 bits per heavy atom. The zero-order valence-corrected chi connectivity index (χ0v) is 13.1. The number of carbonyl (C=O) groups excluding carboxylic acids is 1. The van der Waals surface area contributed by atoms with Crippen LogP contribution in [0.5, 0.6) is 0 Å². The molecule has 1 aliphatic heterocycles. The van der Waals surface area contributed by atoms with E-state index >= 15 is 0 Å². The maximum absolute atomic E-state index is 12.4. The molecule has 0 aliphatic carbocycles. The molecule has 3 rings (SSSR count). The molecule has 21 heavy (non-hydrogen) atoms. The predicted octanol–water partition coefficient (Wildman–Crippen LogP) is 3.75. The van der Waals surface area contributed by atoms with Crippen molar-refractivity contribution in [1.82, 2.24) is 9.47 Å². The first-order valence-corrected chi connectivity index (χ1v) is 7.95. The highest BCUT2D eigenvalue weighted by Crippen LogP contribution is 2.20. The van der Waals surface area contributed by atoms with Crippen LogP contribution in [0.3, 0.4) is 0 Å². The van der Waals surface area contributed by atoms with Gasteiger partial charge < -0.3 is 9.32 Å². The Hall–Kier alpha value is -1.62. The third kappa shape index (κ3) is 2.88. The van der Waals surface area contributed by atoms with Gasteiger partial charge in [0, 0.05) is 25.6 Å². The van der Waals surface area contributed by atoms with Crippen molar-refractivity contribution in [2.24, 2.45) is 0 Å². The fourth-order valence-electron chi connectivity index (χ4n) is 3.05. The van der Waals surface area contributed by atoms with E-state index in [-0.39, 0.29) is 5.91 Å². The molecule has 1 amide bonds. The van der Waals surface area contributed by atoms with Gasteiger partial charge in [0.15, 0.2) is 5.58 Å². The van der Waals surface area contributed by atoms with Crippen LogP contribution in [-0.2, 0) is 11.3 Å². The van der Waals surface area contributed by atoms with Crippen molar-refractivity contribution in [3.05, 3.63) is 29.1 Å². The number of hydrogen-bond acceptors (Lipinski definition) is 3. The highest BCUT2D eigenvalue weighted by molar-refractivity contribution is 7.71. The Labute approximate surface area is 129 Å². The molecular formula is C16H20N2O2S. The molecular weight excluding hydrogens is 284 g/mol. The quantitative estimate of drug-likeness (QED) is 0.811. The fourth-order valence-corrected chi connectivity index (χ4v) is 3.32. The molecule has 1 atom stereocenters. The number of nitrogens with zero attached hydrogens (tertiary/aromatic N) is 2. The minimum Gasteiger partial charge on any atom is -0.429 e. The molecule has 5 heteroatoms. The van der Waals surface area contributed by atoms with Crippen molar-refractivity contribution in [3.63, 3.8) is 0 Å². The summed E-state index contributed by atoms with van der Waals surface area (Å²) in [5, 5.41) is 0. The fraction of sp³-hybridized carbons (Fsp3) is 0.500. The standard InChI is InChI=1S/C16H20N2O2S/c1-12-6-4-5-10-17(12)15(19)9-11-18-13-7-2-3-8-14(13)20-16(18)21/h2-3,7-8,12H,4-6,9-11H2,1H3/t12-/m0/s1. The van der Waals surface area contributed by atoms with Crippen LogP contribution in [0.4, 0.5) is 0 Å². The van der Waals surface area contributed by atoms with Crippen molar-refractivity contribution in [1.29, 1.82) is 0 Å². The third-order valence-electron chi connectivity index (χ3n) is 4.25. The van der Waals surface area contributed by atoms with Gasteiger partial charge >= 0.3 is 0 Å². The van der Waals surface area contributed by atoms with Gasteiger partial charge in [-0.15, -0.1) is 0 Å². The summed E-state index contributed by atoms with van der Waals surface area (Å²) >= 11 is 5.26. The number of fused-ring (bicyclic) bond motifs is 1. The summed E-state index contributed by atoms with van der Waals surface area (Å²) < 4.78 is 7.46. The van der Waals surface area contributed by atoms with Crippen LogP contribution in [0.2, 0.25) is 0 Å². The number of para-hydroxylation sites is 2. The zero-order chi connectivity index (χ0) is 14.8. The first-order valence-electron chi connectivity index (χ1n) is 7.54. The van der Waals surface area contributed by atoms with Gasteiger partial charge in [0.05, 0.1) is 5.52 Å². The van der Waals surface area contributed by atoms with E-state index in [1.807, 2.05) is 33.7 Å². The van der Waals surface area contributed by atoms with E-state index in [1.54, 1.807) is 0 Å². The minimum absolute atomic E-state index is 0.217. The Balaban J connectivity index is 1.73. The molecule has 1 aliphatic rings. The van der Waals surface area contributed by atoms with Gasteiger partial charge in [-0.25, -0.2) is 0 Å². The number of aryl methyl sites for hydroxylation is 1. The highest BCUT2D eigenvalue weighted by atomic mass is 32.1. The van der Waals surface area contributed by atoms with Gasteiger partial charge in [0.25, 0.3) is 4.84 Å². The molecule has 4 nitrogen and oxygen atoms in total. The first kappa shape index (κ1) is 14.3. The van der Waals surface area contributed by atoms with Crippen LogP contribution in [-0.4, -0.2) is 28.0 Å². The summed E-state index contributed by atoms with van der Waals surface area (Å²) in [4.78, 5) is 14.8. The van der Waals surface area contributed by atoms with Crippen LogP contribution < -0.4 is 0 Å². The molecule has 2 aromatic rings. The topological polar surface area (TPSA) is 38.4 Å². The average Bonchev–Trinajstić information content (AvgIpc) is 2.81. The van der Waals surface area contributed by atoms with Crippen molar-refractivity contribution in [2.45, 2.75) is 45.2 Å². The van der Waals surface area contributed by atoms with E-state index < -0.39 is 0 Å². The SMILES string of the molecule is C[C@H]1CCCCN1C(=O)CCn1c(=S)oc2ccccc21. The molecule has 1 fully saturated rings. The minimum atomic E-state index is 0.217. The number of amides is 1. The molecule has 112 valence electrons. The molecule has 1 aromatic heterocycles. The Morgan fingerprint density at radius 3 is 3.00 bits per heavy atom. The maximum Gasteiger partial charge on any atom is 0.269 e. The largest absolute Gasteiger partial charge is 0.429 e. The Bertz CT molecular complexity index is 704. The smallest absolute Gasteiger partial charge is 0.269 e. The number of likely N-dealkylation sites (tertiary alicyclic amines) is 1. The van der Waals surface area contributed by atoms with Crippen molar-refractivity contribution >= 4 is 29.2 Å². The second kappa shape index (κ2) is 6.02. The van der Waals surface area contributed by atoms with Crippen molar-refractivity contribution < 1.29 is 9.21 Å². The average molecular weight is 304 g/mol. The van der Waals surface area contributed by atoms with Crippen molar-refractivity contribution in [2.75, 3.05) is 6.54 Å². The van der Waals surface area contributed by atoms with E-state index in [0.717, 1.165) is 30.5 Å². The maximum atomic E-state index is 12.4. The molecule has 0 N–H and O–H groups in total. The summed E-state index contributed by atoms with van der Waals surface area (Å²) in [5.74, 6) is 0.217. The zero-order valence-electron chi connectivity index (χ0n) is 12.2. The lowest BCUT2D eigenvalue weighted by molar-refractivity contribution is -0.134. The van der Waals surface area contributed by atoms with E-state index in [4.69, 9.17) is 16.6 Å². The van der Waals surface area contributed by atoms with Gasteiger partial charge in [-0.1, -0.05) is 12.1 Å². The number of aromatic nitrogens is 1. The molecule has 1 aromatic carbocycles. The van der Waals surface area contributed by atoms with Crippen LogP contribution >= 0.6 is 12.2 Å². The van der Waals surface area contributed by atoms with Crippen LogP contribution in [0.15, 0.2) is 28.7 Å². The van der Waals surface area contributed by atoms with Gasteiger partial charge in [-0.2, -0.15) is 0 Å². The molecule has 0 unspecified atom stereocenters. The van der Waals surface area contributed by atoms with Gasteiger partial charge in [-0.05, 0) is 50.5 Å². The molecule has 1 saturated heterocycles. The van der Waals surface area contributed by atoms with Crippen LogP contribution in [0.1, 0.15) is 32.6 Å². The summed E-state index contributed by atoms with van der Waals surface area (Å²) in [6, 6.07) is 8.11. The lowest BCUT2D eigenvalue weighted by atomic mass is 10.0. The van der Waals surface area contributed by atoms with Crippen LogP contribution in [0.25, 0.3) is 11.1 Å². The van der Waals surface area contributed by atoms with E-state index in [1.165, 1.54) is 6.42 Å². The summed E-state index contributed by atoms with van der Waals surface area (Å²) in [6.07, 6.45) is 3.93. The molecule has 0 spiro atoms. The summed E-state index contributed by atoms with van der Waals surface area (Å²) in [7, 11) is 0. The number of benzene rings is 1. The van der Waals surface area contributed by atoms with E-state index in [0.29, 0.717) is 23.8 Å². The van der Waals surface area contributed by atoms with Gasteiger partial charge in [-0.3, -0.25) is 9.36 Å². The lowest BCUT2D eigenvalue weighted by Crippen LogP contribution is -2.42. The third-order valence-corrected chi connectivity index (χ3v) is 4.55.